The smallest absolute Gasteiger partial charge is 0.242 e. The first-order valence-electron chi connectivity index (χ1n) is 8.17. The van der Waals surface area contributed by atoms with Gasteiger partial charge in [-0.05, 0) is 34.5 Å². The second kappa shape index (κ2) is 7.27. The van der Waals surface area contributed by atoms with Gasteiger partial charge in [-0.3, -0.25) is 4.79 Å². The lowest BCUT2D eigenvalue weighted by Gasteiger charge is -2.13. The van der Waals surface area contributed by atoms with Gasteiger partial charge in [0.15, 0.2) is 0 Å². The third-order valence-electron chi connectivity index (χ3n) is 4.13. The number of benzene rings is 3. The summed E-state index contributed by atoms with van der Waals surface area (Å²) in [6.07, 6.45) is 0.214. The topological polar surface area (TPSA) is 66.5 Å². The summed E-state index contributed by atoms with van der Waals surface area (Å²) in [6, 6.07) is 20.0. The Bertz CT molecular complexity index is 1050. The summed E-state index contributed by atoms with van der Waals surface area (Å²) in [7, 11) is -0.594. The molecule has 1 N–H and O–H groups in total. The summed E-state index contributed by atoms with van der Waals surface area (Å²) in [6.45, 7) is 0. The van der Waals surface area contributed by atoms with E-state index in [1.165, 1.54) is 26.2 Å². The van der Waals surface area contributed by atoms with E-state index in [4.69, 9.17) is 0 Å². The number of amides is 1. The molecule has 3 rings (SSSR count). The van der Waals surface area contributed by atoms with Crippen LogP contribution < -0.4 is 5.32 Å². The molecule has 0 bridgehead atoms. The Morgan fingerprint density at radius 3 is 2.42 bits per heavy atom. The van der Waals surface area contributed by atoms with Crippen molar-refractivity contribution in [3.05, 3.63) is 72.3 Å². The van der Waals surface area contributed by atoms with Crippen LogP contribution in [0.2, 0.25) is 0 Å². The van der Waals surface area contributed by atoms with Crippen molar-refractivity contribution in [1.82, 2.24) is 4.31 Å². The minimum atomic E-state index is -3.54. The summed E-state index contributed by atoms with van der Waals surface area (Å²) in [5, 5.41) is 4.90. The lowest BCUT2D eigenvalue weighted by Crippen LogP contribution is -2.22. The van der Waals surface area contributed by atoms with E-state index < -0.39 is 10.0 Å². The molecule has 0 aliphatic carbocycles. The minimum Gasteiger partial charge on any atom is -0.326 e. The van der Waals surface area contributed by atoms with Crippen LogP contribution in [0.4, 0.5) is 5.69 Å². The van der Waals surface area contributed by atoms with Gasteiger partial charge in [-0.15, -0.1) is 0 Å². The Kier molecular flexibility index (Phi) is 5.06. The quantitative estimate of drug-likeness (QED) is 0.752. The molecule has 0 atom stereocenters. The first-order valence-corrected chi connectivity index (χ1v) is 9.61. The van der Waals surface area contributed by atoms with Crippen LogP contribution in [-0.2, 0) is 21.2 Å². The number of nitrogens with zero attached hydrogens (tertiary/aromatic N) is 1. The number of hydrogen-bond donors (Lipinski definition) is 1. The van der Waals surface area contributed by atoms with Crippen LogP contribution in [0, 0.1) is 0 Å². The van der Waals surface area contributed by atoms with Crippen LogP contribution in [0.1, 0.15) is 5.56 Å². The average molecular weight is 368 g/mol. The lowest BCUT2D eigenvalue weighted by molar-refractivity contribution is -0.115. The SMILES string of the molecule is CN(C)S(=O)(=O)c1cccc(NC(=O)Cc2cccc3ccccc23)c1. The van der Waals surface area contributed by atoms with Crippen LogP contribution in [0.5, 0.6) is 0 Å². The zero-order chi connectivity index (χ0) is 18.7. The zero-order valence-electron chi connectivity index (χ0n) is 14.6. The Hall–Kier alpha value is -2.70. The summed E-state index contributed by atoms with van der Waals surface area (Å²) in [4.78, 5) is 12.6. The number of hydrogen-bond acceptors (Lipinski definition) is 3. The highest BCUT2D eigenvalue weighted by molar-refractivity contribution is 7.89. The number of sulfonamides is 1. The number of rotatable bonds is 5. The second-order valence-corrected chi connectivity index (χ2v) is 8.33. The van der Waals surface area contributed by atoms with E-state index in [1.807, 2.05) is 42.5 Å². The zero-order valence-corrected chi connectivity index (χ0v) is 15.5. The fourth-order valence-corrected chi connectivity index (χ4v) is 3.72. The summed E-state index contributed by atoms with van der Waals surface area (Å²) >= 11 is 0. The number of carbonyl (C=O) groups is 1. The minimum absolute atomic E-state index is 0.144. The van der Waals surface area contributed by atoms with E-state index in [9.17, 15) is 13.2 Å². The molecule has 1 amide bonds. The molecule has 5 nitrogen and oxygen atoms in total. The van der Waals surface area contributed by atoms with Crippen LogP contribution in [0.25, 0.3) is 10.8 Å². The van der Waals surface area contributed by atoms with E-state index in [2.05, 4.69) is 5.32 Å². The molecule has 3 aromatic carbocycles. The number of nitrogens with one attached hydrogen (secondary N) is 1. The highest BCUT2D eigenvalue weighted by Gasteiger charge is 2.17. The molecule has 0 aliphatic rings. The maximum absolute atomic E-state index is 12.4. The van der Waals surface area contributed by atoms with E-state index in [-0.39, 0.29) is 17.2 Å². The molecule has 26 heavy (non-hydrogen) atoms. The van der Waals surface area contributed by atoms with Gasteiger partial charge in [-0.25, -0.2) is 12.7 Å². The molecule has 6 heteroatoms. The maximum Gasteiger partial charge on any atom is 0.242 e. The molecule has 0 unspecified atom stereocenters. The van der Waals surface area contributed by atoms with Crippen molar-refractivity contribution in [2.75, 3.05) is 19.4 Å². The van der Waals surface area contributed by atoms with Crippen LogP contribution in [0.3, 0.4) is 0 Å². The Balaban J connectivity index is 1.80. The molecule has 3 aromatic rings. The predicted molar refractivity (Wildman–Crippen MR) is 104 cm³/mol. The molecule has 0 aromatic heterocycles. The van der Waals surface area contributed by atoms with Crippen molar-refractivity contribution in [2.45, 2.75) is 11.3 Å². The van der Waals surface area contributed by atoms with Crippen molar-refractivity contribution in [3.63, 3.8) is 0 Å². The van der Waals surface area contributed by atoms with Gasteiger partial charge in [-0.2, -0.15) is 0 Å². The average Bonchev–Trinajstić information content (AvgIpc) is 2.62. The molecule has 134 valence electrons. The molecular formula is C20H20N2O3S. The van der Waals surface area contributed by atoms with Crippen molar-refractivity contribution >= 4 is 32.4 Å². The van der Waals surface area contributed by atoms with Gasteiger partial charge >= 0.3 is 0 Å². The van der Waals surface area contributed by atoms with Crippen molar-refractivity contribution in [1.29, 1.82) is 0 Å². The van der Waals surface area contributed by atoms with Gasteiger partial charge in [0.1, 0.15) is 0 Å². The number of carbonyl (C=O) groups excluding carboxylic acids is 1. The van der Waals surface area contributed by atoms with Crippen molar-refractivity contribution < 1.29 is 13.2 Å². The van der Waals surface area contributed by atoms with Gasteiger partial charge in [0.25, 0.3) is 0 Å². The van der Waals surface area contributed by atoms with Crippen LogP contribution in [0.15, 0.2) is 71.6 Å². The first-order chi connectivity index (χ1) is 12.4. The molecule has 0 aliphatic heterocycles. The molecule has 0 heterocycles. The predicted octanol–water partition coefficient (Wildman–Crippen LogP) is 3.27. The summed E-state index contributed by atoms with van der Waals surface area (Å²) < 4.78 is 25.6. The maximum atomic E-state index is 12.4. The molecule has 0 saturated heterocycles. The Morgan fingerprint density at radius 1 is 0.962 bits per heavy atom. The van der Waals surface area contributed by atoms with Gasteiger partial charge in [0.2, 0.25) is 15.9 Å². The first kappa shape index (κ1) is 18.1. The van der Waals surface area contributed by atoms with Crippen LogP contribution >= 0.6 is 0 Å². The normalized spacial score (nSPS) is 11.7. The van der Waals surface area contributed by atoms with Gasteiger partial charge < -0.3 is 5.32 Å². The third-order valence-corrected chi connectivity index (χ3v) is 5.94. The summed E-state index contributed by atoms with van der Waals surface area (Å²) in [5.74, 6) is -0.194. The van der Waals surface area contributed by atoms with E-state index >= 15 is 0 Å². The third kappa shape index (κ3) is 3.76. The van der Waals surface area contributed by atoms with E-state index in [0.717, 1.165) is 20.6 Å². The molecule has 0 saturated carbocycles. The number of fused-ring (bicyclic) bond motifs is 1. The largest absolute Gasteiger partial charge is 0.326 e. The molecule has 0 spiro atoms. The fraction of sp³-hybridized carbons (Fsp3) is 0.150. The second-order valence-electron chi connectivity index (χ2n) is 6.18. The van der Waals surface area contributed by atoms with Gasteiger partial charge in [0.05, 0.1) is 11.3 Å². The fourth-order valence-electron chi connectivity index (χ4n) is 2.77. The van der Waals surface area contributed by atoms with E-state index in [1.54, 1.807) is 12.1 Å². The van der Waals surface area contributed by atoms with Gasteiger partial charge in [-0.1, -0.05) is 48.5 Å². The number of anilines is 1. The van der Waals surface area contributed by atoms with Gasteiger partial charge in [0, 0.05) is 19.8 Å². The summed E-state index contributed by atoms with van der Waals surface area (Å²) in [5.41, 5.74) is 1.39. The highest BCUT2D eigenvalue weighted by Crippen LogP contribution is 2.21. The van der Waals surface area contributed by atoms with Crippen molar-refractivity contribution in [2.24, 2.45) is 0 Å². The Labute approximate surface area is 153 Å². The highest BCUT2D eigenvalue weighted by atomic mass is 32.2. The van der Waals surface area contributed by atoms with Crippen molar-refractivity contribution in [3.8, 4) is 0 Å². The molecule has 0 radical (unpaired) electrons. The lowest BCUT2D eigenvalue weighted by atomic mass is 10.0. The Morgan fingerprint density at radius 2 is 1.65 bits per heavy atom. The standard InChI is InChI=1S/C20H20N2O3S/c1-22(2)26(24,25)18-11-6-10-17(14-18)21-20(23)13-16-9-5-8-15-7-3-4-12-19(15)16/h3-12,14H,13H2,1-2H3,(H,21,23). The monoisotopic (exact) mass is 368 g/mol. The van der Waals surface area contributed by atoms with E-state index in [0.29, 0.717) is 5.69 Å². The molecular weight excluding hydrogens is 348 g/mol. The van der Waals surface area contributed by atoms with Crippen LogP contribution in [-0.4, -0.2) is 32.7 Å². The molecule has 0 fully saturated rings.